The lowest BCUT2D eigenvalue weighted by Crippen LogP contribution is -2.06. The van der Waals surface area contributed by atoms with E-state index in [4.69, 9.17) is 5.11 Å². The first-order chi connectivity index (χ1) is 5.52. The average molecular weight is 169 g/mol. The van der Waals surface area contributed by atoms with Gasteiger partial charge in [0.05, 0.1) is 11.7 Å². The lowest BCUT2D eigenvalue weighted by atomic mass is 10.4. The highest BCUT2D eigenvalue weighted by Crippen LogP contribution is 2.05. The number of rotatable bonds is 2. The van der Waals surface area contributed by atoms with E-state index in [1.807, 2.05) is 13.8 Å². The van der Waals surface area contributed by atoms with Crippen molar-refractivity contribution in [1.29, 1.82) is 0 Å². The third-order valence-corrected chi connectivity index (χ3v) is 1.46. The fourth-order valence-electron chi connectivity index (χ4n) is 0.827. The Labute approximate surface area is 70.0 Å². The van der Waals surface area contributed by atoms with Crippen molar-refractivity contribution in [3.8, 4) is 0 Å². The Morgan fingerprint density at radius 3 is 2.33 bits per heavy atom. The maximum atomic E-state index is 10.5. The van der Waals surface area contributed by atoms with E-state index in [9.17, 15) is 4.79 Å². The summed E-state index contributed by atoms with van der Waals surface area (Å²) in [5.74, 6) is -1.03. The molecule has 1 N–H and O–H groups in total. The molecule has 0 atom stereocenters. The summed E-state index contributed by atoms with van der Waals surface area (Å²) in [6, 6.07) is 0.0943. The van der Waals surface area contributed by atoms with Crippen molar-refractivity contribution in [1.82, 2.24) is 15.0 Å². The number of hydrogen-bond acceptors (Lipinski definition) is 3. The molecule has 0 aromatic carbocycles. The molecule has 0 bridgehead atoms. The van der Waals surface area contributed by atoms with E-state index in [2.05, 4.69) is 10.2 Å². The third kappa shape index (κ3) is 1.44. The first-order valence-corrected chi connectivity index (χ1v) is 3.69. The molecule has 0 amide bonds. The molecule has 0 radical (unpaired) electrons. The molecule has 0 unspecified atom stereocenters. The van der Waals surface area contributed by atoms with Crippen molar-refractivity contribution >= 4 is 5.97 Å². The SMILES string of the molecule is Cc1nn(C(C)C)nc1C(=O)O. The summed E-state index contributed by atoms with van der Waals surface area (Å²) in [7, 11) is 0. The van der Waals surface area contributed by atoms with Gasteiger partial charge in [-0.05, 0) is 20.8 Å². The molecule has 0 aliphatic carbocycles. The number of nitrogens with zero attached hydrogens (tertiary/aromatic N) is 3. The quantitative estimate of drug-likeness (QED) is 0.713. The minimum Gasteiger partial charge on any atom is -0.476 e. The Hall–Kier alpha value is -1.39. The standard InChI is InChI=1S/C7H11N3O2/c1-4(2)10-8-5(3)6(9-10)7(11)12/h4H,1-3H3,(H,11,12). The van der Waals surface area contributed by atoms with Gasteiger partial charge in [0.1, 0.15) is 0 Å². The molecule has 5 nitrogen and oxygen atoms in total. The van der Waals surface area contributed by atoms with E-state index in [-0.39, 0.29) is 11.7 Å². The van der Waals surface area contributed by atoms with Crippen LogP contribution in [0, 0.1) is 6.92 Å². The molecule has 0 spiro atoms. The Morgan fingerprint density at radius 1 is 1.50 bits per heavy atom. The maximum Gasteiger partial charge on any atom is 0.358 e. The highest BCUT2D eigenvalue weighted by atomic mass is 16.4. The molecular formula is C7H11N3O2. The van der Waals surface area contributed by atoms with Crippen LogP contribution in [-0.4, -0.2) is 26.1 Å². The first-order valence-electron chi connectivity index (χ1n) is 3.69. The monoisotopic (exact) mass is 169 g/mol. The van der Waals surface area contributed by atoms with Crippen LogP contribution in [-0.2, 0) is 0 Å². The van der Waals surface area contributed by atoms with Crippen LogP contribution in [0.1, 0.15) is 36.1 Å². The van der Waals surface area contributed by atoms with Crippen molar-refractivity contribution < 1.29 is 9.90 Å². The van der Waals surface area contributed by atoms with Crippen LogP contribution in [0.3, 0.4) is 0 Å². The molecule has 5 heteroatoms. The number of aromatic carboxylic acids is 1. The van der Waals surface area contributed by atoms with E-state index < -0.39 is 5.97 Å². The van der Waals surface area contributed by atoms with Gasteiger partial charge in [0.15, 0.2) is 5.69 Å². The van der Waals surface area contributed by atoms with E-state index in [0.29, 0.717) is 5.69 Å². The molecule has 0 aliphatic heterocycles. The van der Waals surface area contributed by atoms with Gasteiger partial charge in [-0.1, -0.05) is 0 Å². The molecule has 66 valence electrons. The zero-order valence-corrected chi connectivity index (χ0v) is 7.27. The van der Waals surface area contributed by atoms with Gasteiger partial charge in [-0.15, -0.1) is 5.10 Å². The average Bonchev–Trinajstić information content (AvgIpc) is 2.30. The number of aromatic nitrogens is 3. The topological polar surface area (TPSA) is 68.0 Å². The summed E-state index contributed by atoms with van der Waals surface area (Å²) in [4.78, 5) is 11.9. The van der Waals surface area contributed by atoms with Crippen LogP contribution in [0.2, 0.25) is 0 Å². The number of carboxylic acid groups (broad SMARTS) is 1. The minimum absolute atomic E-state index is 0.0312. The normalized spacial score (nSPS) is 10.7. The highest BCUT2D eigenvalue weighted by Gasteiger charge is 2.14. The second kappa shape index (κ2) is 2.92. The second-order valence-electron chi connectivity index (χ2n) is 2.85. The van der Waals surface area contributed by atoms with E-state index >= 15 is 0 Å². The van der Waals surface area contributed by atoms with Crippen LogP contribution >= 0.6 is 0 Å². The molecule has 1 rings (SSSR count). The Morgan fingerprint density at radius 2 is 2.08 bits per heavy atom. The maximum absolute atomic E-state index is 10.5. The molecule has 1 heterocycles. The number of aryl methyl sites for hydroxylation is 1. The third-order valence-electron chi connectivity index (χ3n) is 1.46. The van der Waals surface area contributed by atoms with Crippen molar-refractivity contribution in [3.63, 3.8) is 0 Å². The van der Waals surface area contributed by atoms with Gasteiger partial charge >= 0.3 is 5.97 Å². The fraction of sp³-hybridized carbons (Fsp3) is 0.571. The lowest BCUT2D eigenvalue weighted by Gasteiger charge is -2.00. The summed E-state index contributed by atoms with van der Waals surface area (Å²) >= 11 is 0. The lowest BCUT2D eigenvalue weighted by molar-refractivity contribution is 0.0688. The predicted molar refractivity (Wildman–Crippen MR) is 42.1 cm³/mol. The predicted octanol–water partition coefficient (Wildman–Crippen LogP) is 0.866. The van der Waals surface area contributed by atoms with Crippen molar-refractivity contribution in [2.24, 2.45) is 0 Å². The van der Waals surface area contributed by atoms with Crippen LogP contribution < -0.4 is 0 Å². The molecule has 1 aromatic rings. The van der Waals surface area contributed by atoms with E-state index in [1.54, 1.807) is 6.92 Å². The summed E-state index contributed by atoms with van der Waals surface area (Å²) in [6.07, 6.45) is 0. The molecule has 0 aliphatic rings. The zero-order valence-electron chi connectivity index (χ0n) is 7.27. The van der Waals surface area contributed by atoms with Gasteiger partial charge in [-0.3, -0.25) is 0 Å². The summed E-state index contributed by atoms with van der Waals surface area (Å²) in [5.41, 5.74) is 0.486. The van der Waals surface area contributed by atoms with Gasteiger partial charge in [-0.2, -0.15) is 9.90 Å². The zero-order chi connectivity index (χ0) is 9.30. The molecule has 12 heavy (non-hydrogen) atoms. The van der Waals surface area contributed by atoms with E-state index in [0.717, 1.165) is 0 Å². The van der Waals surface area contributed by atoms with Gasteiger partial charge in [0.2, 0.25) is 0 Å². The van der Waals surface area contributed by atoms with Gasteiger partial charge in [0.25, 0.3) is 0 Å². The molecule has 0 saturated heterocycles. The van der Waals surface area contributed by atoms with Crippen LogP contribution in [0.5, 0.6) is 0 Å². The minimum atomic E-state index is -1.03. The Kier molecular flexibility index (Phi) is 2.12. The first kappa shape index (κ1) is 8.70. The van der Waals surface area contributed by atoms with Crippen molar-refractivity contribution in [2.75, 3.05) is 0 Å². The number of carboxylic acids is 1. The largest absolute Gasteiger partial charge is 0.476 e. The van der Waals surface area contributed by atoms with Gasteiger partial charge in [-0.25, -0.2) is 4.79 Å². The Balaban J connectivity index is 3.09. The molecule has 1 aromatic heterocycles. The summed E-state index contributed by atoms with van der Waals surface area (Å²) in [6.45, 7) is 5.42. The van der Waals surface area contributed by atoms with E-state index in [1.165, 1.54) is 4.80 Å². The summed E-state index contributed by atoms with van der Waals surface area (Å²) in [5, 5.41) is 16.4. The molecule has 0 saturated carbocycles. The summed E-state index contributed by atoms with van der Waals surface area (Å²) < 4.78 is 0. The van der Waals surface area contributed by atoms with Crippen LogP contribution in [0.15, 0.2) is 0 Å². The fourth-order valence-corrected chi connectivity index (χ4v) is 0.827. The van der Waals surface area contributed by atoms with Crippen LogP contribution in [0.25, 0.3) is 0 Å². The smallest absolute Gasteiger partial charge is 0.358 e. The van der Waals surface area contributed by atoms with Gasteiger partial charge < -0.3 is 5.11 Å². The molecule has 0 fully saturated rings. The molecular weight excluding hydrogens is 158 g/mol. The van der Waals surface area contributed by atoms with Crippen LogP contribution in [0.4, 0.5) is 0 Å². The number of hydrogen-bond donors (Lipinski definition) is 1. The van der Waals surface area contributed by atoms with Crippen molar-refractivity contribution in [2.45, 2.75) is 26.8 Å². The van der Waals surface area contributed by atoms with Gasteiger partial charge in [0, 0.05) is 0 Å². The number of carbonyl (C=O) groups is 1. The highest BCUT2D eigenvalue weighted by molar-refractivity contribution is 5.86. The second-order valence-corrected chi connectivity index (χ2v) is 2.85. The Bertz CT molecular complexity index is 304. The van der Waals surface area contributed by atoms with Crippen molar-refractivity contribution in [3.05, 3.63) is 11.4 Å².